The number of hydrogen-bond acceptors (Lipinski definition) is 6. The van der Waals surface area contributed by atoms with Crippen LogP contribution in [0, 0.1) is 0 Å². The molecule has 8 nitrogen and oxygen atoms in total. The van der Waals surface area contributed by atoms with E-state index < -0.39 is 0 Å². The van der Waals surface area contributed by atoms with Crippen molar-refractivity contribution in [2.45, 2.75) is 25.0 Å². The Bertz CT molecular complexity index is 674. The summed E-state index contributed by atoms with van der Waals surface area (Å²) < 4.78 is 0.230. The molecule has 0 spiro atoms. The van der Waals surface area contributed by atoms with Gasteiger partial charge in [-0.3, -0.25) is 9.79 Å². The highest BCUT2D eigenvalue weighted by Crippen LogP contribution is 2.29. The fourth-order valence-electron chi connectivity index (χ4n) is 3.58. The van der Waals surface area contributed by atoms with Gasteiger partial charge in [0.25, 0.3) is 0 Å². The number of guanidine groups is 1. The van der Waals surface area contributed by atoms with E-state index >= 15 is 0 Å². The van der Waals surface area contributed by atoms with Crippen LogP contribution in [0.5, 0.6) is 0 Å². The number of carbonyl (C=O) groups is 1. The van der Waals surface area contributed by atoms with Crippen LogP contribution in [0.1, 0.15) is 20.3 Å². The smallest absolute Gasteiger partial charge is 0.225 e. The quantitative estimate of drug-likeness (QED) is 0.590. The van der Waals surface area contributed by atoms with Gasteiger partial charge in [-0.05, 0) is 19.9 Å². The molecular weight excluding hydrogens is 374 g/mol. The molecule has 1 aromatic heterocycles. The van der Waals surface area contributed by atoms with E-state index in [0.29, 0.717) is 26.1 Å². The van der Waals surface area contributed by atoms with E-state index in [0.717, 1.165) is 43.8 Å². The van der Waals surface area contributed by atoms with Gasteiger partial charge in [0.05, 0.1) is 0 Å². The number of aromatic nitrogens is 2. The van der Waals surface area contributed by atoms with Crippen LogP contribution in [-0.2, 0) is 4.79 Å². The minimum absolute atomic E-state index is 0.186. The zero-order chi connectivity index (χ0) is 20.0. The molecule has 0 aromatic carbocycles. The van der Waals surface area contributed by atoms with Crippen molar-refractivity contribution < 1.29 is 4.79 Å². The van der Waals surface area contributed by atoms with Gasteiger partial charge in [-0.1, -0.05) is 0 Å². The van der Waals surface area contributed by atoms with Crippen LogP contribution < -0.4 is 10.2 Å². The molecule has 0 unspecified atom stereocenters. The van der Waals surface area contributed by atoms with Crippen LogP contribution in [0.3, 0.4) is 0 Å². The average molecular weight is 406 g/mol. The van der Waals surface area contributed by atoms with Crippen LogP contribution in [0.15, 0.2) is 23.5 Å². The summed E-state index contributed by atoms with van der Waals surface area (Å²) in [5.74, 6) is 2.92. The van der Waals surface area contributed by atoms with Crippen molar-refractivity contribution >= 4 is 29.6 Å². The predicted octanol–water partition coefficient (Wildman–Crippen LogP) is 0.918. The summed E-state index contributed by atoms with van der Waals surface area (Å²) in [5, 5.41) is 3.37. The summed E-state index contributed by atoms with van der Waals surface area (Å²) in [6.07, 6.45) is 3.98. The van der Waals surface area contributed by atoms with Crippen molar-refractivity contribution in [2.24, 2.45) is 4.99 Å². The third-order valence-corrected chi connectivity index (χ3v) is 6.32. The Labute approximate surface area is 171 Å². The zero-order valence-corrected chi connectivity index (χ0v) is 17.9. The van der Waals surface area contributed by atoms with Gasteiger partial charge in [-0.15, -0.1) is 0 Å². The third kappa shape index (κ3) is 5.50. The molecule has 154 valence electrons. The Balaban J connectivity index is 1.41. The lowest BCUT2D eigenvalue weighted by Crippen LogP contribution is -2.52. The SMILES string of the molecule is CN=C(NCCC(=O)N1CCN(c2ncccn2)CC1)N1CCSC(C)(C)C1. The zero-order valence-electron chi connectivity index (χ0n) is 17.1. The van der Waals surface area contributed by atoms with Gasteiger partial charge in [-0.2, -0.15) is 11.8 Å². The average Bonchev–Trinajstić information content (AvgIpc) is 2.71. The Morgan fingerprint density at radius 3 is 2.54 bits per heavy atom. The van der Waals surface area contributed by atoms with Crippen molar-refractivity contribution in [3.05, 3.63) is 18.5 Å². The lowest BCUT2D eigenvalue weighted by atomic mass is 10.2. The first-order valence-corrected chi connectivity index (χ1v) is 10.9. The highest BCUT2D eigenvalue weighted by atomic mass is 32.2. The largest absolute Gasteiger partial charge is 0.356 e. The van der Waals surface area contributed by atoms with Crippen molar-refractivity contribution in [3.8, 4) is 0 Å². The van der Waals surface area contributed by atoms with Crippen LogP contribution in [-0.4, -0.2) is 95.0 Å². The maximum atomic E-state index is 12.6. The van der Waals surface area contributed by atoms with Crippen molar-refractivity contribution in [3.63, 3.8) is 0 Å². The van der Waals surface area contributed by atoms with Crippen molar-refractivity contribution in [1.29, 1.82) is 0 Å². The molecule has 3 rings (SSSR count). The van der Waals surface area contributed by atoms with E-state index in [2.05, 4.69) is 43.9 Å². The van der Waals surface area contributed by atoms with Gasteiger partial charge in [0.2, 0.25) is 11.9 Å². The Kier molecular flexibility index (Phi) is 6.98. The fraction of sp³-hybridized carbons (Fsp3) is 0.684. The Morgan fingerprint density at radius 2 is 1.89 bits per heavy atom. The molecule has 0 aliphatic carbocycles. The number of thioether (sulfide) groups is 1. The monoisotopic (exact) mass is 405 g/mol. The maximum Gasteiger partial charge on any atom is 0.225 e. The second-order valence-corrected chi connectivity index (χ2v) is 9.47. The van der Waals surface area contributed by atoms with E-state index in [1.54, 1.807) is 12.4 Å². The highest BCUT2D eigenvalue weighted by Gasteiger charge is 2.29. The molecule has 2 aliphatic rings. The maximum absolute atomic E-state index is 12.6. The molecule has 2 saturated heterocycles. The molecule has 9 heteroatoms. The number of aliphatic imine (C=N–C) groups is 1. The van der Waals surface area contributed by atoms with Gasteiger partial charge in [0.15, 0.2) is 5.96 Å². The predicted molar refractivity (Wildman–Crippen MR) is 115 cm³/mol. The van der Waals surface area contributed by atoms with Crippen molar-refractivity contribution in [1.82, 2.24) is 25.1 Å². The molecule has 0 bridgehead atoms. The molecule has 1 N–H and O–H groups in total. The number of piperazine rings is 1. The summed E-state index contributed by atoms with van der Waals surface area (Å²) >= 11 is 2.00. The van der Waals surface area contributed by atoms with Crippen molar-refractivity contribution in [2.75, 3.05) is 63.5 Å². The number of nitrogens with zero attached hydrogens (tertiary/aromatic N) is 6. The van der Waals surface area contributed by atoms with Gasteiger partial charge >= 0.3 is 0 Å². The van der Waals surface area contributed by atoms with E-state index in [9.17, 15) is 4.79 Å². The molecule has 1 amide bonds. The highest BCUT2D eigenvalue weighted by molar-refractivity contribution is 8.00. The molecule has 2 fully saturated rings. The number of nitrogens with one attached hydrogen (secondary N) is 1. The molecule has 0 radical (unpaired) electrons. The number of anilines is 1. The summed E-state index contributed by atoms with van der Waals surface area (Å²) in [4.78, 5) is 31.9. The number of rotatable bonds is 4. The number of amides is 1. The number of hydrogen-bond donors (Lipinski definition) is 1. The molecule has 2 aliphatic heterocycles. The summed E-state index contributed by atoms with van der Waals surface area (Å²) in [6.45, 7) is 10.1. The van der Waals surface area contributed by atoms with E-state index in [1.165, 1.54) is 0 Å². The minimum atomic E-state index is 0.186. The summed E-state index contributed by atoms with van der Waals surface area (Å²) in [5.41, 5.74) is 0. The van der Waals surface area contributed by atoms with E-state index in [4.69, 9.17) is 0 Å². The van der Waals surface area contributed by atoms with Crippen LogP contribution in [0.2, 0.25) is 0 Å². The fourth-order valence-corrected chi connectivity index (χ4v) is 4.69. The van der Waals surface area contributed by atoms with Crippen LogP contribution in [0.25, 0.3) is 0 Å². The Hall–Kier alpha value is -2.03. The summed E-state index contributed by atoms with van der Waals surface area (Å²) in [7, 11) is 1.81. The Morgan fingerprint density at radius 1 is 1.18 bits per heavy atom. The topological polar surface area (TPSA) is 77.0 Å². The first-order chi connectivity index (χ1) is 13.5. The van der Waals surface area contributed by atoms with E-state index in [-0.39, 0.29) is 10.7 Å². The lowest BCUT2D eigenvalue weighted by Gasteiger charge is -2.39. The molecule has 28 heavy (non-hydrogen) atoms. The molecule has 1 aromatic rings. The first kappa shape index (κ1) is 20.7. The van der Waals surface area contributed by atoms with E-state index in [1.807, 2.05) is 29.8 Å². The second-order valence-electron chi connectivity index (χ2n) is 7.67. The van der Waals surface area contributed by atoms with Gasteiger partial charge in [0.1, 0.15) is 0 Å². The normalized spacial score (nSPS) is 20.2. The lowest BCUT2D eigenvalue weighted by molar-refractivity contribution is -0.131. The van der Waals surface area contributed by atoms with Crippen LogP contribution >= 0.6 is 11.8 Å². The first-order valence-electron chi connectivity index (χ1n) is 9.88. The third-order valence-electron chi connectivity index (χ3n) is 5.03. The molecule has 3 heterocycles. The van der Waals surface area contributed by atoms with Gasteiger partial charge in [0, 0.05) is 82.2 Å². The second kappa shape index (κ2) is 9.45. The summed E-state index contributed by atoms with van der Waals surface area (Å²) in [6, 6.07) is 1.81. The van der Waals surface area contributed by atoms with Gasteiger partial charge in [-0.25, -0.2) is 9.97 Å². The number of carbonyl (C=O) groups excluding carboxylic acids is 1. The van der Waals surface area contributed by atoms with Crippen LogP contribution in [0.4, 0.5) is 5.95 Å². The van der Waals surface area contributed by atoms with Gasteiger partial charge < -0.3 is 20.0 Å². The molecule has 0 atom stereocenters. The molecular formula is C19H31N7OS. The minimum Gasteiger partial charge on any atom is -0.356 e. The molecule has 0 saturated carbocycles. The standard InChI is InChI=1S/C19H31N7OS/c1-19(2)15-26(13-14-28-19)17(20-3)23-8-5-16(27)24-9-11-25(12-10-24)18-21-6-4-7-22-18/h4,6-7H,5,8-15H2,1-3H3,(H,20,23).